The summed E-state index contributed by atoms with van der Waals surface area (Å²) in [5.74, 6) is -3.75. The third kappa shape index (κ3) is 5.09. The summed E-state index contributed by atoms with van der Waals surface area (Å²) >= 11 is 8.90. The van der Waals surface area contributed by atoms with Gasteiger partial charge in [0.25, 0.3) is 0 Å². The molecule has 0 heterocycles. The highest BCUT2D eigenvalue weighted by atomic mass is 35.5. The van der Waals surface area contributed by atoms with Gasteiger partial charge in [-0.2, -0.15) is 17.6 Å². The number of hydrogen-bond acceptors (Lipinski definition) is 0. The van der Waals surface area contributed by atoms with E-state index in [4.69, 9.17) is 0 Å². The van der Waals surface area contributed by atoms with Crippen molar-refractivity contribution in [2.24, 2.45) is 0 Å². The fourth-order valence-electron chi connectivity index (χ4n) is 1.14. The van der Waals surface area contributed by atoms with Gasteiger partial charge >= 0.3 is 10.8 Å². The summed E-state index contributed by atoms with van der Waals surface area (Å²) in [6, 6.07) is 4.47. The van der Waals surface area contributed by atoms with Crippen LogP contribution >= 0.6 is 23.2 Å². The van der Waals surface area contributed by atoms with Gasteiger partial charge in [0.15, 0.2) is 11.7 Å². The first-order valence-electron chi connectivity index (χ1n) is 4.99. The maximum atomic E-state index is 12.9. The molecule has 0 bridgehead atoms. The average molecular weight is 335 g/mol. The molecule has 0 spiro atoms. The molecule has 0 amide bonds. The van der Waals surface area contributed by atoms with Gasteiger partial charge in [0.1, 0.15) is 0 Å². The second-order valence-corrected chi connectivity index (χ2v) is 4.60. The lowest BCUT2D eigenvalue weighted by atomic mass is 10.1. The highest BCUT2D eigenvalue weighted by Crippen LogP contribution is 2.32. The van der Waals surface area contributed by atoms with Gasteiger partial charge in [-0.15, -0.1) is 0 Å². The maximum absolute atomic E-state index is 12.9. The van der Waals surface area contributed by atoms with E-state index in [1.807, 2.05) is 0 Å². The molecule has 8 heteroatoms. The monoisotopic (exact) mass is 334 g/mol. The smallest absolute Gasteiger partial charge is 0.204 e. The minimum Gasteiger partial charge on any atom is -0.204 e. The Bertz CT molecular complexity index is 473. The van der Waals surface area contributed by atoms with Crippen molar-refractivity contribution in [3.05, 3.63) is 47.0 Å². The number of hydrogen-bond donors (Lipinski definition) is 0. The van der Waals surface area contributed by atoms with E-state index in [0.717, 1.165) is 24.3 Å². The zero-order valence-electron chi connectivity index (χ0n) is 9.49. The van der Waals surface area contributed by atoms with Gasteiger partial charge in [0.05, 0.1) is 0 Å². The van der Waals surface area contributed by atoms with Crippen molar-refractivity contribution in [1.82, 2.24) is 0 Å². The van der Waals surface area contributed by atoms with Crippen LogP contribution in [0.2, 0.25) is 0 Å². The van der Waals surface area contributed by atoms with Crippen molar-refractivity contribution < 1.29 is 26.3 Å². The normalized spacial score (nSPS) is 14.6. The van der Waals surface area contributed by atoms with Crippen LogP contribution in [-0.4, -0.2) is 10.8 Å². The first-order valence-corrected chi connectivity index (χ1v) is 5.74. The molecule has 1 aromatic carbocycles. The topological polar surface area (TPSA) is 0 Å². The molecule has 0 saturated carbocycles. The van der Waals surface area contributed by atoms with Crippen LogP contribution in [0.4, 0.5) is 26.3 Å². The molecule has 1 rings (SSSR count). The van der Waals surface area contributed by atoms with Gasteiger partial charge in [-0.05, 0) is 46.5 Å². The Balaban J connectivity index is 2.96. The summed E-state index contributed by atoms with van der Waals surface area (Å²) in [7, 11) is 0. The van der Waals surface area contributed by atoms with Crippen LogP contribution in [0.1, 0.15) is 11.1 Å². The minimum atomic E-state index is -4.13. The SMILES string of the molecule is F/C(=C\c1ccc(/C=C(/F)C(F)(F)Cl)cc1)C(F)(F)Cl. The van der Waals surface area contributed by atoms with Crippen LogP contribution in [0.5, 0.6) is 0 Å². The van der Waals surface area contributed by atoms with Crippen molar-refractivity contribution in [2.75, 3.05) is 0 Å². The zero-order valence-corrected chi connectivity index (χ0v) is 11.0. The molecule has 0 fully saturated rings. The van der Waals surface area contributed by atoms with Crippen molar-refractivity contribution in [1.29, 1.82) is 0 Å². The fraction of sp³-hybridized carbons (Fsp3) is 0.167. The molecule has 110 valence electrons. The summed E-state index contributed by atoms with van der Waals surface area (Å²) in [6.07, 6.45) is 0.931. The van der Waals surface area contributed by atoms with E-state index in [1.54, 1.807) is 0 Å². The number of allylic oxidation sites excluding steroid dienone is 2. The third-order valence-electron chi connectivity index (χ3n) is 2.06. The maximum Gasteiger partial charge on any atom is 0.373 e. The van der Waals surface area contributed by atoms with Gasteiger partial charge in [-0.3, -0.25) is 0 Å². The minimum absolute atomic E-state index is 0.00184. The lowest BCUT2D eigenvalue weighted by molar-refractivity contribution is 0.111. The molecule has 0 atom stereocenters. The Morgan fingerprint density at radius 2 is 1.00 bits per heavy atom. The summed E-state index contributed by atoms with van der Waals surface area (Å²) in [6.45, 7) is 0. The molecular formula is C12H6Cl2F6. The Morgan fingerprint density at radius 1 is 0.750 bits per heavy atom. The molecule has 0 aliphatic heterocycles. The number of rotatable bonds is 4. The largest absolute Gasteiger partial charge is 0.373 e. The summed E-state index contributed by atoms with van der Waals surface area (Å²) in [4.78, 5) is 0. The van der Waals surface area contributed by atoms with Crippen LogP contribution in [0.25, 0.3) is 12.2 Å². The molecule has 0 aliphatic carbocycles. The zero-order chi connectivity index (χ0) is 15.6. The van der Waals surface area contributed by atoms with E-state index >= 15 is 0 Å². The number of halogens is 8. The molecule has 0 nitrogen and oxygen atoms in total. The van der Waals surface area contributed by atoms with Crippen molar-refractivity contribution in [3.63, 3.8) is 0 Å². The lowest BCUT2D eigenvalue weighted by Gasteiger charge is -2.05. The van der Waals surface area contributed by atoms with Gasteiger partial charge in [-0.25, -0.2) is 8.78 Å². The first kappa shape index (κ1) is 16.9. The number of alkyl halides is 6. The molecular weight excluding hydrogens is 329 g/mol. The second kappa shape index (κ2) is 6.10. The van der Waals surface area contributed by atoms with Gasteiger partial charge < -0.3 is 0 Å². The van der Waals surface area contributed by atoms with Crippen molar-refractivity contribution >= 4 is 35.4 Å². The molecule has 0 aliphatic rings. The summed E-state index contributed by atoms with van der Waals surface area (Å²) in [5.41, 5.74) is -0.00367. The Morgan fingerprint density at radius 3 is 1.20 bits per heavy atom. The predicted octanol–water partition coefficient (Wildman–Crippen LogP) is 5.97. The van der Waals surface area contributed by atoms with E-state index in [1.165, 1.54) is 0 Å². The van der Waals surface area contributed by atoms with Crippen molar-refractivity contribution in [2.45, 2.75) is 10.8 Å². The van der Waals surface area contributed by atoms with Crippen LogP contribution < -0.4 is 0 Å². The fourth-order valence-corrected chi connectivity index (χ4v) is 1.25. The van der Waals surface area contributed by atoms with E-state index in [0.29, 0.717) is 12.2 Å². The lowest BCUT2D eigenvalue weighted by Crippen LogP contribution is -2.05. The molecule has 0 saturated heterocycles. The Hall–Kier alpha value is -1.14. The van der Waals surface area contributed by atoms with Gasteiger partial charge in [0, 0.05) is 0 Å². The van der Waals surface area contributed by atoms with E-state index in [2.05, 4.69) is 23.2 Å². The van der Waals surface area contributed by atoms with E-state index in [-0.39, 0.29) is 11.1 Å². The van der Waals surface area contributed by atoms with Crippen LogP contribution in [0.15, 0.2) is 35.9 Å². The van der Waals surface area contributed by atoms with Crippen molar-refractivity contribution in [3.8, 4) is 0 Å². The van der Waals surface area contributed by atoms with E-state index < -0.39 is 22.4 Å². The Labute approximate surface area is 120 Å². The quantitative estimate of drug-likeness (QED) is 0.470. The average Bonchev–Trinajstić information content (AvgIpc) is 2.29. The van der Waals surface area contributed by atoms with E-state index in [9.17, 15) is 26.3 Å². The standard InChI is InChI=1S/C12H6Cl2F6/c13-11(17,18)9(15)5-7-1-2-8(4-3-7)6-10(16)12(14,19)20/h1-6H/b9-5-,10-6+. The number of benzene rings is 1. The van der Waals surface area contributed by atoms with Gasteiger partial charge in [-0.1, -0.05) is 24.3 Å². The van der Waals surface area contributed by atoms with Crippen LogP contribution in [0.3, 0.4) is 0 Å². The third-order valence-corrected chi connectivity index (χ3v) is 2.43. The Kier molecular flexibility index (Phi) is 5.15. The van der Waals surface area contributed by atoms with Gasteiger partial charge in [0.2, 0.25) is 0 Å². The van der Waals surface area contributed by atoms with Crippen LogP contribution in [-0.2, 0) is 0 Å². The van der Waals surface area contributed by atoms with Crippen LogP contribution in [0, 0.1) is 0 Å². The highest BCUT2D eigenvalue weighted by molar-refractivity contribution is 6.23. The highest BCUT2D eigenvalue weighted by Gasteiger charge is 2.32. The molecule has 0 aromatic heterocycles. The molecule has 0 N–H and O–H groups in total. The summed E-state index contributed by atoms with van der Waals surface area (Å²) in [5, 5.41) is -8.27. The first-order chi connectivity index (χ1) is 9.00. The summed E-state index contributed by atoms with van der Waals surface area (Å²) < 4.78 is 75.1. The second-order valence-electron chi connectivity index (χ2n) is 3.65. The predicted molar refractivity (Wildman–Crippen MR) is 66.2 cm³/mol. The molecule has 20 heavy (non-hydrogen) atoms. The molecule has 0 unspecified atom stereocenters. The molecule has 1 aromatic rings. The molecule has 0 radical (unpaired) electrons.